The number of hydrogen-bond donors (Lipinski definition) is 1. The van der Waals surface area contributed by atoms with E-state index in [2.05, 4.69) is 37.1 Å². The van der Waals surface area contributed by atoms with E-state index >= 15 is 0 Å². The Morgan fingerprint density at radius 3 is 1.91 bits per heavy atom. The lowest BCUT2D eigenvalue weighted by molar-refractivity contribution is -0.119. The minimum absolute atomic E-state index is 0.105. The number of nitrogens with one attached hydrogen (secondary N) is 1. The number of rotatable bonds is 15. The van der Waals surface area contributed by atoms with E-state index in [9.17, 15) is 4.79 Å². The van der Waals surface area contributed by atoms with E-state index in [1.807, 2.05) is 6.92 Å². The quantitative estimate of drug-likeness (QED) is 0.329. The minimum Gasteiger partial charge on any atom is -0.367 e. The van der Waals surface area contributed by atoms with Crippen LogP contribution in [0.25, 0.3) is 0 Å². The summed E-state index contributed by atoms with van der Waals surface area (Å²) in [4.78, 5) is 14.8. The first kappa shape index (κ1) is 22.0. The van der Waals surface area contributed by atoms with E-state index in [4.69, 9.17) is 0 Å². The van der Waals surface area contributed by atoms with Gasteiger partial charge in [-0.1, -0.05) is 65.4 Å². The molecule has 0 fully saturated rings. The smallest absolute Gasteiger partial charge is 0.267 e. The average molecular weight is 325 g/mol. The van der Waals surface area contributed by atoms with Gasteiger partial charge in [0.05, 0.1) is 5.70 Å². The molecule has 0 aromatic carbocycles. The molecule has 0 aliphatic carbocycles. The molecule has 0 heterocycles. The number of nitrogens with zero attached hydrogens (tertiary/aromatic N) is 1. The van der Waals surface area contributed by atoms with Gasteiger partial charge in [0.1, 0.15) is 0 Å². The summed E-state index contributed by atoms with van der Waals surface area (Å²) in [6.07, 6.45) is 14.2. The summed E-state index contributed by atoms with van der Waals surface area (Å²) in [6, 6.07) is 0. The monoisotopic (exact) mass is 324 g/mol. The third-order valence-electron chi connectivity index (χ3n) is 4.12. The lowest BCUT2D eigenvalue weighted by atomic mass is 10.1. The number of carbonyl (C=O) groups excluding carboxylic acids is 1. The molecule has 0 aliphatic heterocycles. The molecule has 1 N–H and O–H groups in total. The molecule has 0 spiro atoms. The zero-order valence-corrected chi connectivity index (χ0v) is 16.1. The Balaban J connectivity index is 4.72. The maximum absolute atomic E-state index is 12.5. The lowest BCUT2D eigenvalue weighted by Gasteiger charge is -2.27. The Morgan fingerprint density at radius 2 is 1.39 bits per heavy atom. The number of amides is 1. The molecule has 0 saturated carbocycles. The Hall–Kier alpha value is -0.990. The van der Waals surface area contributed by atoms with Gasteiger partial charge in [0.25, 0.3) is 5.91 Å². The Morgan fingerprint density at radius 1 is 0.826 bits per heavy atom. The zero-order chi connectivity index (χ0) is 17.3. The van der Waals surface area contributed by atoms with Crippen LogP contribution in [0, 0.1) is 0 Å². The van der Waals surface area contributed by atoms with Crippen LogP contribution in [-0.4, -0.2) is 30.4 Å². The fourth-order valence-corrected chi connectivity index (χ4v) is 2.65. The Bertz CT molecular complexity index is 305. The van der Waals surface area contributed by atoms with E-state index in [1.165, 1.54) is 44.9 Å². The van der Waals surface area contributed by atoms with Crippen molar-refractivity contribution in [2.24, 2.45) is 0 Å². The maximum atomic E-state index is 12.5. The van der Waals surface area contributed by atoms with Gasteiger partial charge in [-0.15, -0.1) is 0 Å². The highest BCUT2D eigenvalue weighted by atomic mass is 16.2. The van der Waals surface area contributed by atoms with Crippen LogP contribution >= 0.6 is 0 Å². The van der Waals surface area contributed by atoms with Gasteiger partial charge >= 0.3 is 0 Å². The van der Waals surface area contributed by atoms with Gasteiger partial charge in [-0.2, -0.15) is 0 Å². The minimum atomic E-state index is 0.105. The molecule has 136 valence electrons. The molecule has 0 unspecified atom stereocenters. The molecule has 0 bridgehead atoms. The van der Waals surface area contributed by atoms with Crippen molar-refractivity contribution in [1.29, 1.82) is 0 Å². The third-order valence-corrected chi connectivity index (χ3v) is 4.12. The van der Waals surface area contributed by atoms with E-state index in [-0.39, 0.29) is 5.91 Å². The van der Waals surface area contributed by atoms with E-state index in [0.717, 1.165) is 38.0 Å². The summed E-state index contributed by atoms with van der Waals surface area (Å²) >= 11 is 0. The van der Waals surface area contributed by atoms with Gasteiger partial charge in [0.15, 0.2) is 0 Å². The van der Waals surface area contributed by atoms with Crippen molar-refractivity contribution in [3.63, 3.8) is 0 Å². The SMILES string of the molecule is CCCCCCC/C=C(\C(=O)NCC)N(CCCC)CCCC. The number of hydrogen-bond acceptors (Lipinski definition) is 2. The molecule has 0 aromatic heterocycles. The molecule has 0 rings (SSSR count). The van der Waals surface area contributed by atoms with E-state index in [1.54, 1.807) is 0 Å². The molecule has 0 atom stereocenters. The number of unbranched alkanes of at least 4 members (excludes halogenated alkanes) is 7. The molecule has 3 nitrogen and oxygen atoms in total. The Labute approximate surface area is 144 Å². The van der Waals surface area contributed by atoms with Crippen LogP contribution in [0.4, 0.5) is 0 Å². The van der Waals surface area contributed by atoms with Crippen LogP contribution in [0.5, 0.6) is 0 Å². The summed E-state index contributed by atoms with van der Waals surface area (Å²) in [5, 5.41) is 2.99. The molecule has 0 saturated heterocycles. The third kappa shape index (κ3) is 11.2. The van der Waals surface area contributed by atoms with Gasteiger partial charge in [-0.3, -0.25) is 4.79 Å². The van der Waals surface area contributed by atoms with Crippen LogP contribution in [0.15, 0.2) is 11.8 Å². The summed E-state index contributed by atoms with van der Waals surface area (Å²) in [5.41, 5.74) is 0.907. The topological polar surface area (TPSA) is 32.3 Å². The molecule has 23 heavy (non-hydrogen) atoms. The second-order valence-corrected chi connectivity index (χ2v) is 6.35. The van der Waals surface area contributed by atoms with Crippen LogP contribution < -0.4 is 5.32 Å². The standard InChI is InChI=1S/C20H40N2O/c1-5-9-12-13-14-15-16-19(20(23)21-8-4)22(17-10-6-2)18-11-7-3/h16H,5-15,17-18H2,1-4H3,(H,21,23)/b19-16+. The molecular formula is C20H40N2O. The normalized spacial score (nSPS) is 11.6. The van der Waals surface area contributed by atoms with Crippen LogP contribution in [-0.2, 0) is 4.79 Å². The van der Waals surface area contributed by atoms with Crippen molar-refractivity contribution in [2.45, 2.75) is 91.9 Å². The highest BCUT2D eigenvalue weighted by Crippen LogP contribution is 2.13. The van der Waals surface area contributed by atoms with Crippen molar-refractivity contribution in [1.82, 2.24) is 10.2 Å². The molecule has 0 aromatic rings. The van der Waals surface area contributed by atoms with Gasteiger partial charge in [-0.05, 0) is 32.6 Å². The number of carbonyl (C=O) groups is 1. The van der Waals surface area contributed by atoms with Gasteiger partial charge in [0, 0.05) is 19.6 Å². The summed E-state index contributed by atoms with van der Waals surface area (Å²) < 4.78 is 0. The lowest BCUT2D eigenvalue weighted by Crippen LogP contribution is -2.36. The molecule has 0 radical (unpaired) electrons. The second kappa shape index (κ2) is 15.9. The first-order valence-electron chi connectivity index (χ1n) is 9.94. The fraction of sp³-hybridized carbons (Fsp3) is 0.850. The summed E-state index contributed by atoms with van der Waals surface area (Å²) in [7, 11) is 0. The highest BCUT2D eigenvalue weighted by Gasteiger charge is 2.15. The van der Waals surface area contributed by atoms with Gasteiger partial charge in [-0.25, -0.2) is 0 Å². The Kier molecular flexibility index (Phi) is 15.2. The summed E-state index contributed by atoms with van der Waals surface area (Å²) in [6.45, 7) is 11.3. The first-order chi connectivity index (χ1) is 11.2. The van der Waals surface area contributed by atoms with Crippen LogP contribution in [0.3, 0.4) is 0 Å². The fourth-order valence-electron chi connectivity index (χ4n) is 2.65. The molecule has 3 heteroatoms. The van der Waals surface area contributed by atoms with Crippen LogP contribution in [0.1, 0.15) is 91.9 Å². The predicted octanol–water partition coefficient (Wildman–Crippen LogP) is 5.27. The van der Waals surface area contributed by atoms with Crippen molar-refractivity contribution in [3.8, 4) is 0 Å². The van der Waals surface area contributed by atoms with Crippen molar-refractivity contribution in [3.05, 3.63) is 11.8 Å². The summed E-state index contributed by atoms with van der Waals surface area (Å²) in [5.74, 6) is 0.105. The maximum Gasteiger partial charge on any atom is 0.267 e. The molecule has 1 amide bonds. The molecular weight excluding hydrogens is 284 g/mol. The largest absolute Gasteiger partial charge is 0.367 e. The van der Waals surface area contributed by atoms with Crippen molar-refractivity contribution >= 4 is 5.91 Å². The van der Waals surface area contributed by atoms with E-state index in [0.29, 0.717) is 6.54 Å². The van der Waals surface area contributed by atoms with Crippen LogP contribution in [0.2, 0.25) is 0 Å². The van der Waals surface area contributed by atoms with Gasteiger partial charge in [0.2, 0.25) is 0 Å². The second-order valence-electron chi connectivity index (χ2n) is 6.35. The first-order valence-corrected chi connectivity index (χ1v) is 9.94. The number of allylic oxidation sites excluding steroid dienone is 1. The highest BCUT2D eigenvalue weighted by molar-refractivity contribution is 5.92. The predicted molar refractivity (Wildman–Crippen MR) is 102 cm³/mol. The average Bonchev–Trinajstić information content (AvgIpc) is 2.55. The van der Waals surface area contributed by atoms with Gasteiger partial charge < -0.3 is 10.2 Å². The molecule has 0 aliphatic rings. The van der Waals surface area contributed by atoms with Crippen molar-refractivity contribution < 1.29 is 4.79 Å². The van der Waals surface area contributed by atoms with Crippen molar-refractivity contribution in [2.75, 3.05) is 19.6 Å². The van der Waals surface area contributed by atoms with E-state index < -0.39 is 0 Å². The zero-order valence-electron chi connectivity index (χ0n) is 16.1. The number of likely N-dealkylation sites (N-methyl/N-ethyl adjacent to an activating group) is 1.